The number of nitriles is 1. The molecule has 0 atom stereocenters. The third-order valence-electron chi connectivity index (χ3n) is 2.96. The molecular weight excluding hydrogens is 250 g/mol. The minimum atomic E-state index is 0.398. The Kier molecular flexibility index (Phi) is 4.34. The Morgan fingerprint density at radius 3 is 2.55 bits per heavy atom. The predicted octanol–water partition coefficient (Wildman–Crippen LogP) is 3.46. The molecule has 0 amide bonds. The first kappa shape index (κ1) is 14.0. The lowest BCUT2D eigenvalue weighted by atomic mass is 10.1. The number of rotatable bonds is 4. The molecule has 0 unspecified atom stereocenters. The zero-order valence-electron chi connectivity index (χ0n) is 11.9. The van der Waals surface area contributed by atoms with Gasteiger partial charge in [0.1, 0.15) is 17.5 Å². The Morgan fingerprint density at radius 1 is 1.25 bits per heavy atom. The fourth-order valence-electron chi connectivity index (χ4n) is 2.00. The van der Waals surface area contributed by atoms with E-state index in [1.807, 2.05) is 44.2 Å². The van der Waals surface area contributed by atoms with Crippen LogP contribution < -0.4 is 5.32 Å². The van der Waals surface area contributed by atoms with Gasteiger partial charge in [0, 0.05) is 24.1 Å². The number of methoxy groups -OCH3 is 1. The summed E-state index contributed by atoms with van der Waals surface area (Å²) in [5.41, 5.74) is 4.32. The van der Waals surface area contributed by atoms with E-state index in [9.17, 15) is 5.26 Å². The molecule has 2 rings (SSSR count). The van der Waals surface area contributed by atoms with Gasteiger partial charge in [-0.25, -0.2) is 4.98 Å². The lowest BCUT2D eigenvalue weighted by molar-refractivity contribution is 0.184. The Hall–Kier alpha value is -2.38. The van der Waals surface area contributed by atoms with E-state index in [1.54, 1.807) is 7.11 Å². The average molecular weight is 267 g/mol. The van der Waals surface area contributed by atoms with Gasteiger partial charge in [-0.3, -0.25) is 0 Å². The van der Waals surface area contributed by atoms with E-state index in [0.717, 1.165) is 16.9 Å². The highest BCUT2D eigenvalue weighted by molar-refractivity contribution is 5.65. The van der Waals surface area contributed by atoms with Crippen molar-refractivity contribution in [1.29, 1.82) is 5.26 Å². The quantitative estimate of drug-likeness (QED) is 0.921. The van der Waals surface area contributed by atoms with Crippen molar-refractivity contribution < 1.29 is 4.74 Å². The molecule has 1 N–H and O–H groups in total. The van der Waals surface area contributed by atoms with Crippen LogP contribution in [0.25, 0.3) is 0 Å². The van der Waals surface area contributed by atoms with Gasteiger partial charge in [-0.1, -0.05) is 17.7 Å². The van der Waals surface area contributed by atoms with Crippen LogP contribution in [0.5, 0.6) is 0 Å². The number of aryl methyl sites for hydroxylation is 2. The van der Waals surface area contributed by atoms with Crippen LogP contribution in [0.2, 0.25) is 0 Å². The van der Waals surface area contributed by atoms with Crippen LogP contribution in [0.1, 0.15) is 22.4 Å². The van der Waals surface area contributed by atoms with Crippen molar-refractivity contribution in [1.82, 2.24) is 4.98 Å². The summed E-state index contributed by atoms with van der Waals surface area (Å²) < 4.78 is 5.14. The summed E-state index contributed by atoms with van der Waals surface area (Å²) in [6, 6.07) is 12.0. The van der Waals surface area contributed by atoms with Gasteiger partial charge in [-0.2, -0.15) is 5.26 Å². The minimum absolute atomic E-state index is 0.398. The van der Waals surface area contributed by atoms with E-state index in [2.05, 4.69) is 16.4 Å². The molecule has 102 valence electrons. The number of aromatic nitrogens is 1. The maximum Gasteiger partial charge on any atom is 0.148 e. The van der Waals surface area contributed by atoms with E-state index in [1.165, 1.54) is 5.56 Å². The molecule has 0 saturated carbocycles. The summed E-state index contributed by atoms with van der Waals surface area (Å²) in [7, 11) is 1.62. The summed E-state index contributed by atoms with van der Waals surface area (Å²) in [5, 5.41) is 12.6. The SMILES string of the molecule is COCc1cc(C)nc(Nc2ccc(C)cc2)c1C#N. The molecule has 0 aliphatic heterocycles. The molecule has 1 heterocycles. The molecule has 20 heavy (non-hydrogen) atoms. The average Bonchev–Trinajstić information content (AvgIpc) is 2.41. The lowest BCUT2D eigenvalue weighted by Gasteiger charge is -2.12. The van der Waals surface area contributed by atoms with Crippen LogP contribution in [0.3, 0.4) is 0 Å². The number of benzene rings is 1. The molecule has 4 heteroatoms. The molecule has 0 aliphatic carbocycles. The summed E-state index contributed by atoms with van der Waals surface area (Å²) in [4.78, 5) is 4.42. The highest BCUT2D eigenvalue weighted by atomic mass is 16.5. The summed E-state index contributed by atoms with van der Waals surface area (Å²) in [6.07, 6.45) is 0. The number of ether oxygens (including phenoxy) is 1. The molecule has 1 aromatic carbocycles. The van der Waals surface area contributed by atoms with Gasteiger partial charge in [0.2, 0.25) is 0 Å². The smallest absolute Gasteiger partial charge is 0.148 e. The van der Waals surface area contributed by atoms with Crippen molar-refractivity contribution in [3.05, 3.63) is 52.7 Å². The minimum Gasteiger partial charge on any atom is -0.380 e. The van der Waals surface area contributed by atoms with Gasteiger partial charge >= 0.3 is 0 Å². The third-order valence-corrected chi connectivity index (χ3v) is 2.96. The number of hydrogen-bond donors (Lipinski definition) is 1. The molecule has 0 bridgehead atoms. The highest BCUT2D eigenvalue weighted by Crippen LogP contribution is 2.23. The second kappa shape index (κ2) is 6.18. The first-order chi connectivity index (χ1) is 9.63. The number of nitrogens with zero attached hydrogens (tertiary/aromatic N) is 2. The fourth-order valence-corrected chi connectivity index (χ4v) is 2.00. The standard InChI is InChI=1S/C16H17N3O/c1-11-4-6-14(7-5-11)19-16-15(9-17)13(10-20-3)8-12(2)18-16/h4-8H,10H2,1-3H3,(H,18,19). The van der Waals surface area contributed by atoms with Crippen molar-refractivity contribution in [2.75, 3.05) is 12.4 Å². The lowest BCUT2D eigenvalue weighted by Crippen LogP contribution is -2.03. The third kappa shape index (κ3) is 3.14. The normalized spacial score (nSPS) is 10.1. The van der Waals surface area contributed by atoms with Crippen LogP contribution in [0, 0.1) is 25.2 Å². The highest BCUT2D eigenvalue weighted by Gasteiger charge is 2.11. The molecular formula is C16H17N3O. The maximum absolute atomic E-state index is 9.35. The fraction of sp³-hybridized carbons (Fsp3) is 0.250. The van der Waals surface area contributed by atoms with Gasteiger partial charge in [0.25, 0.3) is 0 Å². The topological polar surface area (TPSA) is 57.9 Å². The second-order valence-corrected chi connectivity index (χ2v) is 4.68. The largest absolute Gasteiger partial charge is 0.380 e. The maximum atomic E-state index is 9.35. The van der Waals surface area contributed by atoms with Crippen LogP contribution >= 0.6 is 0 Å². The monoisotopic (exact) mass is 267 g/mol. The van der Waals surface area contributed by atoms with Crippen molar-refractivity contribution in [3.8, 4) is 6.07 Å². The summed E-state index contributed by atoms with van der Waals surface area (Å²) >= 11 is 0. The summed E-state index contributed by atoms with van der Waals surface area (Å²) in [5.74, 6) is 0.573. The van der Waals surface area contributed by atoms with E-state index >= 15 is 0 Å². The number of nitrogens with one attached hydrogen (secondary N) is 1. The van der Waals surface area contributed by atoms with Gasteiger partial charge in [-0.05, 0) is 32.0 Å². The van der Waals surface area contributed by atoms with Crippen LogP contribution in [0.4, 0.5) is 11.5 Å². The zero-order valence-corrected chi connectivity index (χ0v) is 11.9. The summed E-state index contributed by atoms with van der Waals surface area (Å²) in [6.45, 7) is 4.33. The molecule has 0 saturated heterocycles. The Labute approximate surface area is 119 Å². The van der Waals surface area contributed by atoms with Crippen LogP contribution in [-0.2, 0) is 11.3 Å². The van der Waals surface area contributed by atoms with Crippen molar-refractivity contribution in [2.45, 2.75) is 20.5 Å². The Bertz CT molecular complexity index is 642. The van der Waals surface area contributed by atoms with Crippen LogP contribution in [-0.4, -0.2) is 12.1 Å². The number of anilines is 2. The Balaban J connectivity index is 2.40. The van der Waals surface area contributed by atoms with E-state index in [0.29, 0.717) is 18.0 Å². The second-order valence-electron chi connectivity index (χ2n) is 4.68. The van der Waals surface area contributed by atoms with Crippen molar-refractivity contribution >= 4 is 11.5 Å². The first-order valence-corrected chi connectivity index (χ1v) is 6.37. The molecule has 0 spiro atoms. The van der Waals surface area contributed by atoms with Gasteiger partial charge in [0.15, 0.2) is 0 Å². The molecule has 1 aromatic heterocycles. The predicted molar refractivity (Wildman–Crippen MR) is 78.9 cm³/mol. The number of pyridine rings is 1. The van der Waals surface area contributed by atoms with E-state index in [-0.39, 0.29) is 0 Å². The molecule has 0 radical (unpaired) electrons. The van der Waals surface area contributed by atoms with Crippen LogP contribution in [0.15, 0.2) is 30.3 Å². The van der Waals surface area contributed by atoms with E-state index in [4.69, 9.17) is 4.74 Å². The van der Waals surface area contributed by atoms with Gasteiger partial charge < -0.3 is 10.1 Å². The molecule has 0 fully saturated rings. The van der Waals surface area contributed by atoms with Gasteiger partial charge in [-0.15, -0.1) is 0 Å². The van der Waals surface area contributed by atoms with Crippen molar-refractivity contribution in [2.24, 2.45) is 0 Å². The van der Waals surface area contributed by atoms with Crippen molar-refractivity contribution in [3.63, 3.8) is 0 Å². The zero-order chi connectivity index (χ0) is 14.5. The molecule has 2 aromatic rings. The molecule has 0 aliphatic rings. The van der Waals surface area contributed by atoms with Gasteiger partial charge in [0.05, 0.1) is 6.61 Å². The number of hydrogen-bond acceptors (Lipinski definition) is 4. The first-order valence-electron chi connectivity index (χ1n) is 6.37. The Morgan fingerprint density at radius 2 is 1.95 bits per heavy atom. The van der Waals surface area contributed by atoms with E-state index < -0.39 is 0 Å². The molecule has 4 nitrogen and oxygen atoms in total.